The number of aromatic nitrogens is 3. The van der Waals surface area contributed by atoms with Crippen LogP contribution in [0.25, 0.3) is 0 Å². The predicted molar refractivity (Wildman–Crippen MR) is 78.9 cm³/mol. The van der Waals surface area contributed by atoms with Crippen LogP contribution in [-0.2, 0) is 12.8 Å². The lowest BCUT2D eigenvalue weighted by molar-refractivity contribution is 0.601. The molecule has 0 N–H and O–H groups in total. The van der Waals surface area contributed by atoms with Gasteiger partial charge in [-0.1, -0.05) is 26.7 Å². The molecule has 1 aromatic rings. The van der Waals surface area contributed by atoms with Crippen molar-refractivity contribution in [3.8, 4) is 0 Å². The normalized spacial score (nSPS) is 20.4. The van der Waals surface area contributed by atoms with Crippen LogP contribution >= 0.6 is 11.6 Å². The number of hydrogen-bond donors (Lipinski definition) is 0. The molecule has 0 radical (unpaired) electrons. The third kappa shape index (κ3) is 3.35. The van der Waals surface area contributed by atoms with E-state index >= 15 is 0 Å². The van der Waals surface area contributed by atoms with Crippen LogP contribution in [0.1, 0.15) is 50.9 Å². The molecule has 1 unspecified atom stereocenters. The largest absolute Gasteiger partial charge is 0.335 e. The minimum absolute atomic E-state index is 0.350. The molecule has 2 rings (SSSR count). The van der Waals surface area contributed by atoms with Crippen molar-refractivity contribution >= 4 is 17.5 Å². The van der Waals surface area contributed by atoms with Crippen molar-refractivity contribution in [1.29, 1.82) is 0 Å². The van der Waals surface area contributed by atoms with Crippen LogP contribution in [0.5, 0.6) is 0 Å². The van der Waals surface area contributed by atoms with Crippen molar-refractivity contribution in [1.82, 2.24) is 15.2 Å². The van der Waals surface area contributed by atoms with Crippen LogP contribution in [0.4, 0.5) is 5.95 Å². The monoisotopic (exact) mass is 282 g/mol. The fourth-order valence-electron chi connectivity index (χ4n) is 2.65. The molecule has 2 heterocycles. The van der Waals surface area contributed by atoms with Crippen molar-refractivity contribution in [3.05, 3.63) is 11.4 Å². The number of anilines is 1. The second-order valence-electron chi connectivity index (χ2n) is 5.06. The quantitative estimate of drug-likeness (QED) is 0.796. The average Bonchev–Trinajstić information content (AvgIpc) is 2.71. The molecule has 1 atom stereocenters. The van der Waals surface area contributed by atoms with Crippen molar-refractivity contribution in [2.24, 2.45) is 0 Å². The standard InChI is InChI=1S/C14H23ClN4/c1-3-12-13(4-2)17-18-14(16-12)19-9-7-5-6-8-11(19)10-15/h11H,3-10H2,1-2H3. The molecule has 1 aromatic heterocycles. The van der Waals surface area contributed by atoms with E-state index in [9.17, 15) is 0 Å². The second kappa shape index (κ2) is 7.04. The van der Waals surface area contributed by atoms with Gasteiger partial charge in [0.1, 0.15) is 0 Å². The van der Waals surface area contributed by atoms with Crippen molar-refractivity contribution in [2.45, 2.75) is 58.4 Å². The Morgan fingerprint density at radius 3 is 2.58 bits per heavy atom. The maximum Gasteiger partial charge on any atom is 0.245 e. The van der Waals surface area contributed by atoms with Gasteiger partial charge in [0.25, 0.3) is 0 Å². The van der Waals surface area contributed by atoms with Gasteiger partial charge in [0, 0.05) is 18.5 Å². The maximum atomic E-state index is 6.11. The molecule has 19 heavy (non-hydrogen) atoms. The lowest BCUT2D eigenvalue weighted by Gasteiger charge is -2.28. The van der Waals surface area contributed by atoms with Gasteiger partial charge in [-0.2, -0.15) is 5.10 Å². The van der Waals surface area contributed by atoms with E-state index in [1.54, 1.807) is 0 Å². The zero-order valence-electron chi connectivity index (χ0n) is 11.9. The minimum atomic E-state index is 0.350. The first-order valence-electron chi connectivity index (χ1n) is 7.35. The van der Waals surface area contributed by atoms with Gasteiger partial charge in [0.15, 0.2) is 0 Å². The van der Waals surface area contributed by atoms with Crippen molar-refractivity contribution < 1.29 is 0 Å². The molecular weight excluding hydrogens is 260 g/mol. The fourth-order valence-corrected chi connectivity index (χ4v) is 2.97. The van der Waals surface area contributed by atoms with Gasteiger partial charge in [-0.15, -0.1) is 16.7 Å². The van der Waals surface area contributed by atoms with Gasteiger partial charge < -0.3 is 4.90 Å². The molecule has 1 aliphatic rings. The van der Waals surface area contributed by atoms with E-state index in [0.717, 1.165) is 43.1 Å². The van der Waals surface area contributed by atoms with Gasteiger partial charge in [-0.3, -0.25) is 0 Å². The van der Waals surface area contributed by atoms with Crippen LogP contribution in [0, 0.1) is 0 Å². The Morgan fingerprint density at radius 2 is 1.89 bits per heavy atom. The summed E-state index contributed by atoms with van der Waals surface area (Å²) in [7, 11) is 0. The molecule has 4 nitrogen and oxygen atoms in total. The summed E-state index contributed by atoms with van der Waals surface area (Å²) >= 11 is 6.11. The summed E-state index contributed by atoms with van der Waals surface area (Å²) in [5.41, 5.74) is 2.09. The van der Waals surface area contributed by atoms with E-state index in [-0.39, 0.29) is 0 Å². The smallest absolute Gasteiger partial charge is 0.245 e. The van der Waals surface area contributed by atoms with E-state index in [1.165, 1.54) is 19.3 Å². The van der Waals surface area contributed by atoms with Gasteiger partial charge >= 0.3 is 0 Å². The Labute approximate surface area is 120 Å². The van der Waals surface area contributed by atoms with E-state index in [2.05, 4.69) is 28.9 Å². The molecule has 1 saturated heterocycles. The zero-order valence-corrected chi connectivity index (χ0v) is 12.7. The van der Waals surface area contributed by atoms with E-state index in [0.29, 0.717) is 11.9 Å². The van der Waals surface area contributed by atoms with Crippen LogP contribution in [0.3, 0.4) is 0 Å². The van der Waals surface area contributed by atoms with Crippen LogP contribution < -0.4 is 4.90 Å². The molecule has 1 fully saturated rings. The molecule has 106 valence electrons. The molecule has 0 aromatic carbocycles. The lowest BCUT2D eigenvalue weighted by Crippen LogP contribution is -2.38. The van der Waals surface area contributed by atoms with E-state index in [4.69, 9.17) is 16.6 Å². The lowest BCUT2D eigenvalue weighted by atomic mass is 10.1. The van der Waals surface area contributed by atoms with E-state index in [1.807, 2.05) is 0 Å². The molecule has 0 aliphatic carbocycles. The molecule has 5 heteroatoms. The number of nitrogens with zero attached hydrogens (tertiary/aromatic N) is 4. The van der Waals surface area contributed by atoms with Crippen LogP contribution in [-0.4, -0.2) is 33.6 Å². The van der Waals surface area contributed by atoms with Gasteiger partial charge in [0.2, 0.25) is 5.95 Å². The SMILES string of the molecule is CCc1nnc(N2CCCCCC2CCl)nc1CC. The first-order chi connectivity index (χ1) is 9.30. The highest BCUT2D eigenvalue weighted by molar-refractivity contribution is 6.18. The van der Waals surface area contributed by atoms with Crippen LogP contribution in [0.2, 0.25) is 0 Å². The highest BCUT2D eigenvalue weighted by atomic mass is 35.5. The Hall–Kier alpha value is -0.900. The Bertz CT molecular complexity index is 410. The molecule has 0 amide bonds. The van der Waals surface area contributed by atoms with Gasteiger partial charge in [-0.25, -0.2) is 4.98 Å². The Morgan fingerprint density at radius 1 is 1.11 bits per heavy atom. The summed E-state index contributed by atoms with van der Waals surface area (Å²) in [6, 6.07) is 0.350. The molecule has 0 saturated carbocycles. The van der Waals surface area contributed by atoms with Crippen molar-refractivity contribution in [3.63, 3.8) is 0 Å². The third-order valence-corrected chi connectivity index (χ3v) is 4.17. The predicted octanol–water partition coefficient (Wildman–Crippen LogP) is 2.98. The highest BCUT2D eigenvalue weighted by Crippen LogP contribution is 2.22. The first kappa shape index (κ1) is 14.5. The summed E-state index contributed by atoms with van der Waals surface area (Å²) in [5.74, 6) is 1.40. The van der Waals surface area contributed by atoms with Crippen molar-refractivity contribution in [2.75, 3.05) is 17.3 Å². The number of rotatable bonds is 4. The molecule has 0 bridgehead atoms. The Kier molecular flexibility index (Phi) is 5.37. The number of halogens is 1. The Balaban J connectivity index is 2.27. The van der Waals surface area contributed by atoms with Gasteiger partial charge in [0.05, 0.1) is 11.4 Å². The third-order valence-electron chi connectivity index (χ3n) is 3.81. The van der Waals surface area contributed by atoms with E-state index < -0.39 is 0 Å². The topological polar surface area (TPSA) is 41.9 Å². The summed E-state index contributed by atoms with van der Waals surface area (Å²) in [4.78, 5) is 6.97. The summed E-state index contributed by atoms with van der Waals surface area (Å²) in [6.07, 6.45) is 6.63. The number of alkyl halides is 1. The zero-order chi connectivity index (χ0) is 13.7. The maximum absolute atomic E-state index is 6.11. The molecule has 1 aliphatic heterocycles. The average molecular weight is 283 g/mol. The fraction of sp³-hybridized carbons (Fsp3) is 0.786. The number of hydrogen-bond acceptors (Lipinski definition) is 4. The first-order valence-corrected chi connectivity index (χ1v) is 7.88. The van der Waals surface area contributed by atoms with Gasteiger partial charge in [-0.05, 0) is 25.7 Å². The second-order valence-corrected chi connectivity index (χ2v) is 5.37. The van der Waals surface area contributed by atoms with Crippen LogP contribution in [0.15, 0.2) is 0 Å². The highest BCUT2D eigenvalue weighted by Gasteiger charge is 2.23. The summed E-state index contributed by atoms with van der Waals surface area (Å²) in [6.45, 7) is 5.21. The number of aryl methyl sites for hydroxylation is 2. The minimum Gasteiger partial charge on any atom is -0.335 e. The molecule has 0 spiro atoms. The summed E-state index contributed by atoms with van der Waals surface area (Å²) < 4.78 is 0. The summed E-state index contributed by atoms with van der Waals surface area (Å²) in [5, 5.41) is 8.67. The molecular formula is C14H23ClN4.